The number of hydrogen-bond acceptors (Lipinski definition) is 8. The Balaban J connectivity index is 1.11. The highest BCUT2D eigenvalue weighted by Crippen LogP contribution is 2.36. The number of carbonyl (C=O) groups excluding carboxylic acids is 4. The first kappa shape index (κ1) is 47.3. The Kier molecular flexibility index (Phi) is 14.5. The minimum absolute atomic E-state index is 0.0119. The zero-order valence-electron chi connectivity index (χ0n) is 39.6. The number of methoxy groups -OCH3 is 2. The third-order valence-electron chi connectivity index (χ3n) is 12.8. The molecular formula is C52H64N8O6. The van der Waals surface area contributed by atoms with Crippen LogP contribution in [0.1, 0.15) is 120 Å². The van der Waals surface area contributed by atoms with Gasteiger partial charge in [-0.15, -0.1) is 0 Å². The van der Waals surface area contributed by atoms with Crippen molar-refractivity contribution in [2.75, 3.05) is 27.3 Å². The van der Waals surface area contributed by atoms with Crippen molar-refractivity contribution in [3.8, 4) is 22.5 Å². The molecule has 4 amide bonds. The van der Waals surface area contributed by atoms with E-state index in [0.29, 0.717) is 13.1 Å². The van der Waals surface area contributed by atoms with E-state index >= 15 is 0 Å². The number of hydrogen-bond donors (Lipinski definition) is 4. The van der Waals surface area contributed by atoms with E-state index in [0.717, 1.165) is 82.1 Å². The summed E-state index contributed by atoms with van der Waals surface area (Å²) in [6.07, 6.45) is 7.81. The van der Waals surface area contributed by atoms with Crippen LogP contribution in [-0.4, -0.2) is 93.1 Å². The number of carbonyl (C=O) groups is 4. The maximum absolute atomic E-state index is 13.7. The molecule has 5 aromatic rings. The van der Waals surface area contributed by atoms with Crippen molar-refractivity contribution in [3.05, 3.63) is 119 Å². The predicted octanol–water partition coefficient (Wildman–Crippen LogP) is 9.44. The fourth-order valence-electron chi connectivity index (χ4n) is 8.93. The molecule has 3 aromatic carbocycles. The molecule has 0 radical (unpaired) electrons. The largest absolute Gasteiger partial charge is 0.453 e. The molecule has 2 fully saturated rings. The minimum Gasteiger partial charge on any atom is -0.453 e. The van der Waals surface area contributed by atoms with E-state index in [1.807, 2.05) is 49.9 Å². The van der Waals surface area contributed by atoms with E-state index in [4.69, 9.17) is 19.4 Å². The van der Waals surface area contributed by atoms with Crippen LogP contribution in [0.2, 0.25) is 0 Å². The summed E-state index contributed by atoms with van der Waals surface area (Å²) in [5, 5.41) is 5.43. The highest BCUT2D eigenvalue weighted by molar-refractivity contribution is 5.92. The lowest BCUT2D eigenvalue weighted by Gasteiger charge is -2.30. The van der Waals surface area contributed by atoms with E-state index in [1.165, 1.54) is 19.8 Å². The Labute approximate surface area is 388 Å². The molecule has 0 aliphatic carbocycles. The molecule has 0 unspecified atom stereocenters. The van der Waals surface area contributed by atoms with E-state index in [-0.39, 0.29) is 41.1 Å². The van der Waals surface area contributed by atoms with Gasteiger partial charge in [-0.05, 0) is 88.0 Å². The maximum Gasteiger partial charge on any atom is 0.407 e. The molecule has 2 aliphatic rings. The summed E-state index contributed by atoms with van der Waals surface area (Å²) in [4.78, 5) is 71.6. The van der Waals surface area contributed by atoms with Crippen LogP contribution in [0.4, 0.5) is 9.59 Å². The van der Waals surface area contributed by atoms with Gasteiger partial charge in [0.1, 0.15) is 23.7 Å². The van der Waals surface area contributed by atoms with Gasteiger partial charge < -0.3 is 39.9 Å². The Morgan fingerprint density at radius 1 is 0.652 bits per heavy atom. The van der Waals surface area contributed by atoms with E-state index in [9.17, 15) is 19.2 Å². The number of aromatic amines is 2. The molecule has 66 heavy (non-hydrogen) atoms. The van der Waals surface area contributed by atoms with Crippen LogP contribution in [0.15, 0.2) is 85.2 Å². The average Bonchev–Trinajstić information content (AvgIpc) is 4.16. The van der Waals surface area contributed by atoms with Crippen LogP contribution in [0.5, 0.6) is 0 Å². The normalized spacial score (nSPS) is 17.5. The van der Waals surface area contributed by atoms with Crippen LogP contribution in [0.25, 0.3) is 34.2 Å². The maximum atomic E-state index is 13.7. The zero-order valence-corrected chi connectivity index (χ0v) is 39.6. The second kappa shape index (κ2) is 20.2. The van der Waals surface area contributed by atoms with Crippen molar-refractivity contribution < 1.29 is 28.7 Å². The summed E-state index contributed by atoms with van der Waals surface area (Å²) in [6.45, 7) is 15.4. The lowest BCUT2D eigenvalue weighted by atomic mass is 9.85. The molecule has 0 saturated carbocycles. The number of benzene rings is 3. The van der Waals surface area contributed by atoms with Crippen molar-refractivity contribution in [2.24, 2.45) is 11.8 Å². The van der Waals surface area contributed by atoms with Gasteiger partial charge in [0.25, 0.3) is 0 Å². The molecule has 0 spiro atoms. The molecule has 0 bridgehead atoms. The number of aromatic nitrogens is 4. The number of nitrogens with zero attached hydrogens (tertiary/aromatic N) is 4. The van der Waals surface area contributed by atoms with Crippen LogP contribution in [0, 0.1) is 11.8 Å². The third-order valence-corrected chi connectivity index (χ3v) is 12.8. The molecular weight excluding hydrogens is 833 g/mol. The lowest BCUT2D eigenvalue weighted by Crippen LogP contribution is -2.51. The average molecular weight is 897 g/mol. The standard InChI is InChI=1S/C52H64N8O6/c1-31(2)44(57-50(63)65-8)48(61)59-26-10-12-42(59)46-53-29-40(55-46)36-16-14-33(15-17-36)28-39(35-22-24-38(25-23-35)52(5,6)7)34-18-20-37(21-19-34)41-30-54-47(56-41)43-13-11-27-60(43)49(62)45(32(3)4)58-51(64)66-9/h14-25,28-32,42-45H,10-13,26-27H2,1-9H3,(H,53,55)(H,54,56)(H,57,63)(H,58,64)/t42-,43-,44-,45-/m0/s1. The number of rotatable bonds is 13. The van der Waals surface area contributed by atoms with Gasteiger partial charge >= 0.3 is 12.2 Å². The highest BCUT2D eigenvalue weighted by Gasteiger charge is 2.39. The van der Waals surface area contributed by atoms with Crippen LogP contribution < -0.4 is 10.6 Å². The van der Waals surface area contributed by atoms with Gasteiger partial charge in [-0.25, -0.2) is 19.6 Å². The first-order valence-corrected chi connectivity index (χ1v) is 23.0. The first-order valence-electron chi connectivity index (χ1n) is 23.0. The quantitative estimate of drug-likeness (QED) is 0.0846. The number of imidazole rings is 2. The smallest absolute Gasteiger partial charge is 0.407 e. The first-order chi connectivity index (χ1) is 31.6. The molecule has 2 aromatic heterocycles. The monoisotopic (exact) mass is 896 g/mol. The van der Waals surface area contributed by atoms with Gasteiger partial charge in [-0.1, -0.05) is 121 Å². The number of likely N-dealkylation sites (tertiary alicyclic amines) is 2. The van der Waals surface area contributed by atoms with Gasteiger partial charge in [0, 0.05) is 13.1 Å². The summed E-state index contributed by atoms with van der Waals surface area (Å²) in [5.41, 5.74) is 9.13. The zero-order chi connectivity index (χ0) is 47.3. The van der Waals surface area contributed by atoms with Crippen molar-refractivity contribution in [1.29, 1.82) is 0 Å². The SMILES string of the molecule is COC(=O)N[C@H](C(=O)N1CCC[C@H]1c1ncc(-c2ccc(C=C(c3ccc(-c4cnc([C@@H]5CCCN5C(=O)[C@@H](NC(=O)OC)C(C)C)[nH]4)cc3)c3ccc(C(C)(C)C)cc3)cc2)[nH]1)C(C)C. The minimum atomic E-state index is -0.703. The van der Waals surface area contributed by atoms with Gasteiger partial charge in [-0.3, -0.25) is 9.59 Å². The molecule has 4 atom stereocenters. The number of amides is 4. The van der Waals surface area contributed by atoms with E-state index in [2.05, 4.69) is 120 Å². The van der Waals surface area contributed by atoms with Crippen molar-refractivity contribution >= 4 is 35.6 Å². The second-order valence-electron chi connectivity index (χ2n) is 19.0. The second-order valence-corrected chi connectivity index (χ2v) is 19.0. The van der Waals surface area contributed by atoms with Gasteiger partial charge in [0.15, 0.2) is 0 Å². The Hall–Kier alpha value is -6.70. The lowest BCUT2D eigenvalue weighted by molar-refractivity contribution is -0.136. The third kappa shape index (κ3) is 10.5. The molecule has 4 heterocycles. The number of ether oxygens (including phenoxy) is 2. The van der Waals surface area contributed by atoms with Crippen LogP contribution >= 0.6 is 0 Å². The predicted molar refractivity (Wildman–Crippen MR) is 256 cm³/mol. The topological polar surface area (TPSA) is 175 Å². The van der Waals surface area contributed by atoms with Gasteiger partial charge in [0.05, 0.1) is 50.1 Å². The molecule has 14 heteroatoms. The Morgan fingerprint density at radius 2 is 1.06 bits per heavy atom. The molecule has 348 valence electrons. The number of nitrogens with one attached hydrogen (secondary N) is 4. The van der Waals surface area contributed by atoms with Gasteiger partial charge in [0.2, 0.25) is 11.8 Å². The summed E-state index contributed by atoms with van der Waals surface area (Å²) in [6, 6.07) is 23.7. The molecule has 4 N–H and O–H groups in total. The fraction of sp³-hybridized carbons (Fsp3) is 0.423. The number of H-pyrrole nitrogens is 2. The van der Waals surface area contributed by atoms with Crippen molar-refractivity contribution in [3.63, 3.8) is 0 Å². The van der Waals surface area contributed by atoms with Crippen LogP contribution in [-0.2, 0) is 24.5 Å². The molecule has 14 nitrogen and oxygen atoms in total. The summed E-state index contributed by atoms with van der Waals surface area (Å²) in [5.74, 6) is 0.914. The highest BCUT2D eigenvalue weighted by atomic mass is 16.5. The summed E-state index contributed by atoms with van der Waals surface area (Å²) < 4.78 is 9.59. The fourth-order valence-corrected chi connectivity index (χ4v) is 8.93. The molecule has 7 rings (SSSR count). The van der Waals surface area contributed by atoms with Gasteiger partial charge in [-0.2, -0.15) is 0 Å². The molecule has 2 saturated heterocycles. The Bertz CT molecular complexity index is 2520. The van der Waals surface area contributed by atoms with E-state index < -0.39 is 24.3 Å². The van der Waals surface area contributed by atoms with Crippen LogP contribution in [0.3, 0.4) is 0 Å². The van der Waals surface area contributed by atoms with Crippen molar-refractivity contribution in [1.82, 2.24) is 40.4 Å². The van der Waals surface area contributed by atoms with E-state index in [1.54, 1.807) is 0 Å². The molecule has 2 aliphatic heterocycles. The number of alkyl carbamates (subject to hydrolysis) is 2. The van der Waals surface area contributed by atoms with Crippen molar-refractivity contribution in [2.45, 2.75) is 104 Å². The Morgan fingerprint density at radius 3 is 1.45 bits per heavy atom. The summed E-state index contributed by atoms with van der Waals surface area (Å²) >= 11 is 0. The summed E-state index contributed by atoms with van der Waals surface area (Å²) in [7, 11) is 2.59.